The minimum absolute atomic E-state index is 0.0738. The third-order valence-electron chi connectivity index (χ3n) is 2.53. The number of hydrogen-bond donors (Lipinski definition) is 1. The maximum absolute atomic E-state index is 12.6. The lowest BCUT2D eigenvalue weighted by atomic mass is 9.85. The van der Waals surface area contributed by atoms with Crippen LogP contribution in [0.4, 0.5) is 8.78 Å². The molecule has 3 nitrogen and oxygen atoms in total. The molecular weight excluding hydrogens is 202 g/mol. The quantitative estimate of drug-likeness (QED) is 0.720. The van der Waals surface area contributed by atoms with E-state index in [1.165, 1.54) is 0 Å². The maximum Gasteiger partial charge on any atom is 0.307 e. The number of nitrogens with one attached hydrogen (secondary N) is 1. The molecule has 2 atom stereocenters. The molecule has 1 heterocycles. The summed E-state index contributed by atoms with van der Waals surface area (Å²) in [4.78, 5) is 11.9. The normalized spacial score (nSPS) is 28.7. The molecule has 1 aliphatic rings. The lowest BCUT2D eigenvalue weighted by Crippen LogP contribution is -2.48. The van der Waals surface area contributed by atoms with Crippen molar-refractivity contribution in [3.05, 3.63) is 0 Å². The fourth-order valence-electron chi connectivity index (χ4n) is 1.77. The summed E-state index contributed by atoms with van der Waals surface area (Å²) in [6.45, 7) is 4.42. The fraction of sp³-hybridized carbons (Fsp3) is 0.900. The predicted molar refractivity (Wildman–Crippen MR) is 53.3 cm³/mol. The van der Waals surface area contributed by atoms with Crippen LogP contribution in [0.1, 0.15) is 34.1 Å². The zero-order valence-electron chi connectivity index (χ0n) is 9.55. The number of alkyl halides is 2. The van der Waals surface area contributed by atoms with E-state index in [9.17, 15) is 13.6 Å². The number of halogens is 2. The summed E-state index contributed by atoms with van der Waals surface area (Å²) in [6, 6.07) is -0.782. The predicted octanol–water partition coefficient (Wildman–Crippen LogP) is 1.79. The average Bonchev–Trinajstić information content (AvgIpc) is 2.44. The molecule has 0 bridgehead atoms. The molecular formula is C10H18F2N2O. The molecule has 0 saturated carbocycles. The van der Waals surface area contributed by atoms with Crippen LogP contribution in [0.5, 0.6) is 0 Å². The number of carbonyl (C=O) groups excluding carboxylic acids is 1. The van der Waals surface area contributed by atoms with Crippen molar-refractivity contribution >= 4 is 5.78 Å². The second kappa shape index (κ2) is 4.14. The highest BCUT2D eigenvalue weighted by molar-refractivity contribution is 5.88. The van der Waals surface area contributed by atoms with Gasteiger partial charge >= 0.3 is 6.55 Å². The standard InChI is InChI=1S/C10H18F2N2O/c1-6-5-7(8(15)10(2,3)4)14(13-6)9(11)12/h6-7,9,13H,5H2,1-4H3. The number of hydrogen-bond acceptors (Lipinski definition) is 3. The van der Waals surface area contributed by atoms with Crippen LogP contribution in [0.3, 0.4) is 0 Å². The van der Waals surface area contributed by atoms with E-state index in [1.807, 2.05) is 0 Å². The Morgan fingerprint density at radius 3 is 2.40 bits per heavy atom. The van der Waals surface area contributed by atoms with Crippen LogP contribution < -0.4 is 5.43 Å². The Kier molecular flexibility index (Phi) is 3.45. The van der Waals surface area contributed by atoms with Crippen LogP contribution in [-0.4, -0.2) is 29.4 Å². The van der Waals surface area contributed by atoms with Gasteiger partial charge in [0.2, 0.25) is 0 Å². The van der Waals surface area contributed by atoms with Crippen molar-refractivity contribution < 1.29 is 13.6 Å². The van der Waals surface area contributed by atoms with Crippen molar-refractivity contribution in [3.63, 3.8) is 0 Å². The van der Waals surface area contributed by atoms with E-state index in [4.69, 9.17) is 0 Å². The van der Waals surface area contributed by atoms with Gasteiger partial charge in [-0.25, -0.2) is 5.43 Å². The summed E-state index contributed by atoms with van der Waals surface area (Å²) in [6.07, 6.45) is 0.445. The highest BCUT2D eigenvalue weighted by Crippen LogP contribution is 2.27. The van der Waals surface area contributed by atoms with Crippen molar-refractivity contribution in [1.82, 2.24) is 10.4 Å². The van der Waals surface area contributed by atoms with Crippen molar-refractivity contribution in [2.75, 3.05) is 0 Å². The average molecular weight is 220 g/mol. The van der Waals surface area contributed by atoms with E-state index in [1.54, 1.807) is 27.7 Å². The molecule has 5 heteroatoms. The second-order valence-electron chi connectivity index (χ2n) is 5.08. The molecule has 1 aliphatic heterocycles. The third-order valence-corrected chi connectivity index (χ3v) is 2.53. The molecule has 0 aromatic heterocycles. The fourth-order valence-corrected chi connectivity index (χ4v) is 1.77. The van der Waals surface area contributed by atoms with Crippen LogP contribution in [0.15, 0.2) is 0 Å². The molecule has 1 fully saturated rings. The van der Waals surface area contributed by atoms with E-state index in [0.717, 1.165) is 5.01 Å². The molecule has 0 aromatic carbocycles. The summed E-state index contributed by atoms with van der Waals surface area (Å²) < 4.78 is 25.2. The number of ketones is 1. The van der Waals surface area contributed by atoms with Crippen molar-refractivity contribution in [1.29, 1.82) is 0 Å². The lowest BCUT2D eigenvalue weighted by molar-refractivity contribution is -0.140. The summed E-state index contributed by atoms with van der Waals surface area (Å²) >= 11 is 0. The molecule has 0 amide bonds. The van der Waals surface area contributed by atoms with Gasteiger partial charge in [-0.1, -0.05) is 20.8 Å². The van der Waals surface area contributed by atoms with Crippen molar-refractivity contribution in [3.8, 4) is 0 Å². The molecule has 1 rings (SSSR count). The van der Waals surface area contributed by atoms with E-state index in [0.29, 0.717) is 6.42 Å². The lowest BCUT2D eigenvalue weighted by Gasteiger charge is -2.27. The SMILES string of the molecule is CC1CC(C(=O)C(C)(C)C)N(C(F)F)N1. The maximum atomic E-state index is 12.6. The van der Waals surface area contributed by atoms with E-state index in [2.05, 4.69) is 5.43 Å². The highest BCUT2D eigenvalue weighted by Gasteiger charge is 2.42. The number of nitrogens with zero attached hydrogens (tertiary/aromatic N) is 1. The Morgan fingerprint density at radius 2 is 2.00 bits per heavy atom. The molecule has 88 valence electrons. The summed E-state index contributed by atoms with van der Waals surface area (Å²) in [7, 11) is 0. The zero-order valence-corrected chi connectivity index (χ0v) is 9.55. The van der Waals surface area contributed by atoms with Gasteiger partial charge in [0.05, 0.1) is 6.04 Å². The highest BCUT2D eigenvalue weighted by atomic mass is 19.3. The molecule has 0 spiro atoms. The van der Waals surface area contributed by atoms with Gasteiger partial charge in [-0.05, 0) is 13.3 Å². The van der Waals surface area contributed by atoms with Gasteiger partial charge < -0.3 is 0 Å². The Hall–Kier alpha value is -0.550. The summed E-state index contributed by atoms with van der Waals surface area (Å²) in [5.74, 6) is -0.139. The van der Waals surface area contributed by atoms with Gasteiger partial charge in [0.1, 0.15) is 0 Å². The topological polar surface area (TPSA) is 32.3 Å². The van der Waals surface area contributed by atoms with E-state index in [-0.39, 0.29) is 11.8 Å². The van der Waals surface area contributed by atoms with Crippen molar-refractivity contribution in [2.45, 2.75) is 52.7 Å². The zero-order chi connectivity index (χ0) is 11.8. The number of Topliss-reactive ketones (excluding diaryl/α,β-unsaturated/α-hetero) is 1. The van der Waals surface area contributed by atoms with Crippen LogP contribution in [0, 0.1) is 5.41 Å². The molecule has 1 N–H and O–H groups in total. The van der Waals surface area contributed by atoms with Gasteiger partial charge in [0.25, 0.3) is 0 Å². The molecule has 0 aliphatic carbocycles. The van der Waals surface area contributed by atoms with Gasteiger partial charge in [0.15, 0.2) is 5.78 Å². The Labute approximate surface area is 88.8 Å². The van der Waals surface area contributed by atoms with Crippen LogP contribution in [0.25, 0.3) is 0 Å². The molecule has 2 unspecified atom stereocenters. The monoisotopic (exact) mass is 220 g/mol. The number of carbonyl (C=O) groups is 1. The smallest absolute Gasteiger partial charge is 0.297 e. The summed E-state index contributed by atoms with van der Waals surface area (Å²) in [5, 5.41) is 0.776. The van der Waals surface area contributed by atoms with Gasteiger partial charge in [-0.15, -0.1) is 0 Å². The Bertz CT molecular complexity index is 250. The number of rotatable bonds is 2. The third kappa shape index (κ3) is 2.72. The van der Waals surface area contributed by atoms with Crippen LogP contribution >= 0.6 is 0 Å². The minimum atomic E-state index is -2.63. The first-order valence-corrected chi connectivity index (χ1v) is 5.10. The van der Waals surface area contributed by atoms with E-state index >= 15 is 0 Å². The molecule has 0 aromatic rings. The molecule has 0 radical (unpaired) electrons. The van der Waals surface area contributed by atoms with Crippen molar-refractivity contribution in [2.24, 2.45) is 5.41 Å². The Morgan fingerprint density at radius 1 is 1.47 bits per heavy atom. The van der Waals surface area contributed by atoms with Gasteiger partial charge in [0, 0.05) is 11.5 Å². The largest absolute Gasteiger partial charge is 0.307 e. The van der Waals surface area contributed by atoms with E-state index < -0.39 is 18.0 Å². The minimum Gasteiger partial charge on any atom is -0.297 e. The summed E-state index contributed by atoms with van der Waals surface area (Å²) in [5.41, 5.74) is 2.04. The first-order valence-electron chi connectivity index (χ1n) is 5.10. The second-order valence-corrected chi connectivity index (χ2v) is 5.08. The van der Waals surface area contributed by atoms with Gasteiger partial charge in [-0.2, -0.15) is 13.8 Å². The van der Waals surface area contributed by atoms with Gasteiger partial charge in [-0.3, -0.25) is 4.79 Å². The van der Waals surface area contributed by atoms with Crippen LogP contribution in [-0.2, 0) is 4.79 Å². The number of hydrazine groups is 1. The van der Waals surface area contributed by atoms with Crippen LogP contribution in [0.2, 0.25) is 0 Å². The first-order chi connectivity index (χ1) is 6.73. The molecule has 15 heavy (non-hydrogen) atoms. The Balaban J connectivity index is 2.80. The first kappa shape index (κ1) is 12.5. The molecule has 1 saturated heterocycles.